The van der Waals surface area contributed by atoms with Crippen molar-refractivity contribution < 1.29 is 13.9 Å². The van der Waals surface area contributed by atoms with Crippen LogP contribution >= 0.6 is 0 Å². The molecule has 4 nitrogen and oxygen atoms in total. The Hall–Kier alpha value is -1.13. The third-order valence-electron chi connectivity index (χ3n) is 2.92. The molecule has 0 aliphatic carbocycles. The summed E-state index contributed by atoms with van der Waals surface area (Å²) in [4.78, 5) is 12.0. The zero-order valence-corrected chi connectivity index (χ0v) is 9.44. The maximum atomic E-state index is 12.0. The van der Waals surface area contributed by atoms with Crippen molar-refractivity contribution in [3.8, 4) is 0 Å². The largest absolute Gasteiger partial charge is 0.472 e. The van der Waals surface area contributed by atoms with Crippen LogP contribution in [0.4, 0.5) is 0 Å². The number of furan rings is 1. The Kier molecular flexibility index (Phi) is 3.74. The Labute approximate surface area is 95.0 Å². The standard InChI is InChI=1S/C12H17NO3/c1-2-13-11-8-16-7-10(11)12(14)5-9-3-4-15-6-9/h3-4,6,10-11,13H,2,5,7-8H2,1H3. The highest BCUT2D eigenvalue weighted by molar-refractivity contribution is 5.84. The van der Waals surface area contributed by atoms with E-state index in [1.807, 2.05) is 13.0 Å². The molecule has 2 atom stereocenters. The van der Waals surface area contributed by atoms with Gasteiger partial charge in [-0.25, -0.2) is 0 Å². The second-order valence-electron chi connectivity index (χ2n) is 4.08. The molecule has 1 fully saturated rings. The van der Waals surface area contributed by atoms with Gasteiger partial charge in [0, 0.05) is 12.5 Å². The molecule has 2 heterocycles. The van der Waals surface area contributed by atoms with Gasteiger partial charge in [-0.3, -0.25) is 4.79 Å². The van der Waals surface area contributed by atoms with E-state index in [1.54, 1.807) is 12.5 Å². The minimum Gasteiger partial charge on any atom is -0.472 e. The third-order valence-corrected chi connectivity index (χ3v) is 2.92. The Morgan fingerprint density at radius 3 is 3.12 bits per heavy atom. The van der Waals surface area contributed by atoms with Crippen LogP contribution in [0, 0.1) is 5.92 Å². The SMILES string of the molecule is CCNC1COCC1C(=O)Cc1ccoc1. The van der Waals surface area contributed by atoms with E-state index in [9.17, 15) is 4.79 Å². The first-order valence-corrected chi connectivity index (χ1v) is 5.66. The lowest BCUT2D eigenvalue weighted by Gasteiger charge is -2.16. The molecule has 1 aliphatic heterocycles. The average Bonchev–Trinajstić information content (AvgIpc) is 2.89. The van der Waals surface area contributed by atoms with Crippen LogP contribution in [-0.2, 0) is 16.0 Å². The van der Waals surface area contributed by atoms with Gasteiger partial charge in [-0.15, -0.1) is 0 Å². The molecular weight excluding hydrogens is 206 g/mol. The van der Waals surface area contributed by atoms with Crippen LogP contribution in [0.2, 0.25) is 0 Å². The monoisotopic (exact) mass is 223 g/mol. The second-order valence-corrected chi connectivity index (χ2v) is 4.08. The normalized spacial score (nSPS) is 24.8. The van der Waals surface area contributed by atoms with Crippen molar-refractivity contribution in [1.82, 2.24) is 5.32 Å². The number of hydrogen-bond donors (Lipinski definition) is 1. The highest BCUT2D eigenvalue weighted by Gasteiger charge is 2.32. The first-order valence-electron chi connectivity index (χ1n) is 5.66. The highest BCUT2D eigenvalue weighted by Crippen LogP contribution is 2.17. The van der Waals surface area contributed by atoms with E-state index < -0.39 is 0 Å². The lowest BCUT2D eigenvalue weighted by atomic mass is 9.94. The first-order chi connectivity index (χ1) is 7.81. The van der Waals surface area contributed by atoms with Crippen LogP contribution in [0.25, 0.3) is 0 Å². The van der Waals surface area contributed by atoms with Gasteiger partial charge in [0.25, 0.3) is 0 Å². The number of carbonyl (C=O) groups excluding carboxylic acids is 1. The van der Waals surface area contributed by atoms with E-state index in [2.05, 4.69) is 5.32 Å². The van der Waals surface area contributed by atoms with E-state index in [4.69, 9.17) is 9.15 Å². The van der Waals surface area contributed by atoms with Crippen molar-refractivity contribution in [2.45, 2.75) is 19.4 Å². The summed E-state index contributed by atoms with van der Waals surface area (Å²) in [6, 6.07) is 2.00. The summed E-state index contributed by atoms with van der Waals surface area (Å²) in [5.41, 5.74) is 0.937. The molecule has 1 saturated heterocycles. The molecule has 0 spiro atoms. The predicted octanol–water partition coefficient (Wildman–Crippen LogP) is 1.02. The molecule has 1 aliphatic rings. The summed E-state index contributed by atoms with van der Waals surface area (Å²) in [7, 11) is 0. The fraction of sp³-hybridized carbons (Fsp3) is 0.583. The van der Waals surface area contributed by atoms with E-state index in [0.29, 0.717) is 19.6 Å². The molecule has 1 N–H and O–H groups in total. The van der Waals surface area contributed by atoms with Crippen LogP contribution in [0.15, 0.2) is 23.0 Å². The van der Waals surface area contributed by atoms with Gasteiger partial charge in [0.05, 0.1) is 31.7 Å². The van der Waals surface area contributed by atoms with Crippen LogP contribution in [-0.4, -0.2) is 31.6 Å². The van der Waals surface area contributed by atoms with E-state index in [1.165, 1.54) is 0 Å². The summed E-state index contributed by atoms with van der Waals surface area (Å²) < 4.78 is 10.3. The van der Waals surface area contributed by atoms with Gasteiger partial charge in [0.15, 0.2) is 0 Å². The van der Waals surface area contributed by atoms with E-state index >= 15 is 0 Å². The van der Waals surface area contributed by atoms with Crippen LogP contribution < -0.4 is 5.32 Å². The first kappa shape index (κ1) is 11.4. The Morgan fingerprint density at radius 2 is 2.44 bits per heavy atom. The van der Waals surface area contributed by atoms with E-state index in [-0.39, 0.29) is 17.7 Å². The van der Waals surface area contributed by atoms with Crippen molar-refractivity contribution in [1.29, 1.82) is 0 Å². The van der Waals surface area contributed by atoms with Crippen LogP contribution in [0.1, 0.15) is 12.5 Å². The van der Waals surface area contributed by atoms with Gasteiger partial charge in [-0.1, -0.05) is 6.92 Å². The van der Waals surface area contributed by atoms with Gasteiger partial charge in [-0.2, -0.15) is 0 Å². The predicted molar refractivity (Wildman–Crippen MR) is 59.2 cm³/mol. The quantitative estimate of drug-likeness (QED) is 0.809. The number of Topliss-reactive ketones (excluding diaryl/α,β-unsaturated/α-hetero) is 1. The number of rotatable bonds is 5. The molecular formula is C12H17NO3. The Bertz CT molecular complexity index is 334. The topological polar surface area (TPSA) is 51.5 Å². The van der Waals surface area contributed by atoms with Gasteiger partial charge in [0.1, 0.15) is 5.78 Å². The number of ketones is 1. The van der Waals surface area contributed by atoms with Gasteiger partial charge >= 0.3 is 0 Å². The molecule has 4 heteroatoms. The number of ether oxygens (including phenoxy) is 1. The summed E-state index contributed by atoms with van der Waals surface area (Å²) in [6.45, 7) is 4.07. The summed E-state index contributed by atoms with van der Waals surface area (Å²) in [5.74, 6) is 0.208. The molecule has 2 unspecified atom stereocenters. The van der Waals surface area contributed by atoms with Gasteiger partial charge < -0.3 is 14.5 Å². The number of hydrogen-bond acceptors (Lipinski definition) is 4. The molecule has 0 amide bonds. The minimum atomic E-state index is -0.0187. The molecule has 0 radical (unpaired) electrons. The lowest BCUT2D eigenvalue weighted by molar-refractivity contribution is -0.122. The molecule has 1 aromatic rings. The molecule has 16 heavy (non-hydrogen) atoms. The molecule has 0 saturated carbocycles. The van der Waals surface area contributed by atoms with Crippen LogP contribution in [0.3, 0.4) is 0 Å². The van der Waals surface area contributed by atoms with Gasteiger partial charge in [-0.05, 0) is 18.2 Å². The number of likely N-dealkylation sites (N-methyl/N-ethyl adjacent to an activating group) is 1. The number of nitrogens with one attached hydrogen (secondary N) is 1. The van der Waals surface area contributed by atoms with Crippen molar-refractivity contribution >= 4 is 5.78 Å². The molecule has 2 rings (SSSR count). The van der Waals surface area contributed by atoms with Crippen molar-refractivity contribution in [2.24, 2.45) is 5.92 Å². The molecule has 0 bridgehead atoms. The Morgan fingerprint density at radius 1 is 1.56 bits per heavy atom. The number of carbonyl (C=O) groups is 1. The third kappa shape index (κ3) is 2.51. The summed E-state index contributed by atoms with van der Waals surface area (Å²) in [5, 5.41) is 3.29. The van der Waals surface area contributed by atoms with Gasteiger partial charge in [0.2, 0.25) is 0 Å². The van der Waals surface area contributed by atoms with Crippen molar-refractivity contribution in [3.63, 3.8) is 0 Å². The molecule has 0 aromatic carbocycles. The fourth-order valence-electron chi connectivity index (χ4n) is 2.06. The highest BCUT2D eigenvalue weighted by atomic mass is 16.5. The summed E-state index contributed by atoms with van der Waals surface area (Å²) in [6.07, 6.45) is 3.65. The minimum absolute atomic E-state index is 0.0187. The van der Waals surface area contributed by atoms with Crippen molar-refractivity contribution in [3.05, 3.63) is 24.2 Å². The lowest BCUT2D eigenvalue weighted by Crippen LogP contribution is -2.39. The molecule has 1 aromatic heterocycles. The fourth-order valence-corrected chi connectivity index (χ4v) is 2.06. The zero-order chi connectivity index (χ0) is 11.4. The van der Waals surface area contributed by atoms with Crippen molar-refractivity contribution in [2.75, 3.05) is 19.8 Å². The second kappa shape index (κ2) is 5.27. The average molecular weight is 223 g/mol. The maximum Gasteiger partial charge on any atom is 0.144 e. The smallest absolute Gasteiger partial charge is 0.144 e. The maximum absolute atomic E-state index is 12.0. The van der Waals surface area contributed by atoms with Crippen LogP contribution in [0.5, 0.6) is 0 Å². The van der Waals surface area contributed by atoms with E-state index in [0.717, 1.165) is 12.1 Å². The zero-order valence-electron chi connectivity index (χ0n) is 9.44. The summed E-state index contributed by atoms with van der Waals surface area (Å²) >= 11 is 0. The Balaban J connectivity index is 1.93. The molecule has 88 valence electrons.